The van der Waals surface area contributed by atoms with Crippen molar-refractivity contribution < 1.29 is 9.59 Å². The van der Waals surface area contributed by atoms with E-state index >= 15 is 0 Å². The molecule has 3 aromatic rings. The van der Waals surface area contributed by atoms with Gasteiger partial charge in [-0.05, 0) is 60.4 Å². The summed E-state index contributed by atoms with van der Waals surface area (Å²) in [4.78, 5) is 32.9. The first-order valence-corrected chi connectivity index (χ1v) is 15.2. The van der Waals surface area contributed by atoms with Crippen molar-refractivity contribution in [2.45, 2.75) is 43.6 Å². The average Bonchev–Trinajstić information content (AvgIpc) is 3.72. The van der Waals surface area contributed by atoms with Gasteiger partial charge in [-0.3, -0.25) is 9.59 Å². The van der Waals surface area contributed by atoms with Gasteiger partial charge in [0.05, 0.1) is 21.0 Å². The third kappa shape index (κ3) is 5.90. The van der Waals surface area contributed by atoms with Crippen LogP contribution in [0.1, 0.15) is 42.9 Å². The number of piperidine rings is 1. The van der Waals surface area contributed by atoms with Gasteiger partial charge < -0.3 is 14.7 Å². The number of rotatable bonds is 9. The van der Waals surface area contributed by atoms with Crippen LogP contribution in [-0.4, -0.2) is 66.8 Å². The van der Waals surface area contributed by atoms with Gasteiger partial charge in [-0.15, -0.1) is 0 Å². The van der Waals surface area contributed by atoms with Crippen molar-refractivity contribution in [3.63, 3.8) is 0 Å². The van der Waals surface area contributed by atoms with Crippen LogP contribution in [0.15, 0.2) is 78.9 Å². The summed E-state index contributed by atoms with van der Waals surface area (Å²) in [6.07, 6.45) is 3.30. The predicted molar refractivity (Wildman–Crippen MR) is 166 cm³/mol. The molecule has 2 atom stereocenters. The maximum atomic E-state index is 14.1. The van der Waals surface area contributed by atoms with Crippen LogP contribution in [0.3, 0.4) is 0 Å². The second-order valence-electron chi connectivity index (χ2n) is 11.7. The van der Waals surface area contributed by atoms with Crippen molar-refractivity contribution in [1.29, 1.82) is 0 Å². The van der Waals surface area contributed by atoms with Crippen LogP contribution >= 0.6 is 23.2 Å². The van der Waals surface area contributed by atoms with E-state index in [1.807, 2.05) is 72.4 Å². The highest BCUT2D eigenvalue weighted by atomic mass is 35.5. The smallest absolute Gasteiger partial charge is 0.233 e. The highest BCUT2D eigenvalue weighted by Crippen LogP contribution is 2.57. The largest absolute Gasteiger partial charge is 0.345 e. The Balaban J connectivity index is 1.33. The van der Waals surface area contributed by atoms with E-state index < -0.39 is 5.41 Å². The molecule has 1 aliphatic carbocycles. The molecule has 0 N–H and O–H groups in total. The molecule has 0 aromatic heterocycles. The molecular weight excluding hydrogens is 553 g/mol. The Morgan fingerprint density at radius 2 is 1.51 bits per heavy atom. The molecule has 2 aliphatic rings. The third-order valence-electron chi connectivity index (χ3n) is 9.43. The van der Waals surface area contributed by atoms with Crippen LogP contribution in [0.5, 0.6) is 0 Å². The van der Waals surface area contributed by atoms with Gasteiger partial charge in [-0.25, -0.2) is 0 Å². The van der Waals surface area contributed by atoms with Crippen molar-refractivity contribution >= 4 is 35.0 Å². The van der Waals surface area contributed by atoms with E-state index in [0.717, 1.165) is 50.9 Å². The van der Waals surface area contributed by atoms with E-state index in [1.54, 1.807) is 13.0 Å². The van der Waals surface area contributed by atoms with Crippen LogP contribution in [0, 0.1) is 5.92 Å². The second kappa shape index (κ2) is 12.2. The number of carbonyl (C=O) groups is 2. The number of amides is 2. The SMILES string of the molecule is CC(=O)N(C)C1(c2ccccc2)CCN(C[C@@H]2C[C@@]2(C(=O)N(C)CCc2ccccc2)c2ccc(Cl)c(Cl)c2)CC1. The maximum Gasteiger partial charge on any atom is 0.233 e. The molecule has 2 amide bonds. The van der Waals surface area contributed by atoms with Crippen LogP contribution < -0.4 is 0 Å². The van der Waals surface area contributed by atoms with E-state index in [0.29, 0.717) is 16.6 Å². The van der Waals surface area contributed by atoms with Crippen LogP contribution in [0.4, 0.5) is 0 Å². The van der Waals surface area contributed by atoms with Crippen molar-refractivity contribution in [3.05, 3.63) is 106 Å². The van der Waals surface area contributed by atoms with Crippen molar-refractivity contribution in [3.8, 4) is 0 Å². The van der Waals surface area contributed by atoms with Gasteiger partial charge in [0.2, 0.25) is 11.8 Å². The number of carbonyl (C=O) groups excluding carboxylic acids is 2. The number of hydrogen-bond donors (Lipinski definition) is 0. The van der Waals surface area contributed by atoms with E-state index in [2.05, 4.69) is 29.2 Å². The van der Waals surface area contributed by atoms with Crippen molar-refractivity contribution in [1.82, 2.24) is 14.7 Å². The number of benzene rings is 3. The summed E-state index contributed by atoms with van der Waals surface area (Å²) >= 11 is 12.7. The molecular formula is C34H39Cl2N3O2. The lowest BCUT2D eigenvalue weighted by Crippen LogP contribution is -2.53. The number of likely N-dealkylation sites (tertiary alicyclic amines) is 1. The Morgan fingerprint density at radius 3 is 2.12 bits per heavy atom. The average molecular weight is 593 g/mol. The fourth-order valence-electron chi connectivity index (χ4n) is 6.73. The normalized spacial score (nSPS) is 21.7. The predicted octanol–water partition coefficient (Wildman–Crippen LogP) is 6.42. The highest BCUT2D eigenvalue weighted by molar-refractivity contribution is 6.42. The van der Waals surface area contributed by atoms with Gasteiger partial charge in [0.25, 0.3) is 0 Å². The molecule has 0 radical (unpaired) electrons. The minimum Gasteiger partial charge on any atom is -0.345 e. The fourth-order valence-corrected chi connectivity index (χ4v) is 7.03. The molecule has 1 aliphatic heterocycles. The Kier molecular flexibility index (Phi) is 8.79. The Hall–Kier alpha value is -2.86. The molecule has 5 rings (SSSR count). The Bertz CT molecular complexity index is 1380. The highest BCUT2D eigenvalue weighted by Gasteiger charge is 2.62. The standard InChI is InChI=1S/C34H39Cl2N3O2/c1-25(40)38(3)33(27-12-8-5-9-13-27)17-20-39(21-18-33)24-29-23-34(29,28-14-15-30(35)31(36)22-28)32(41)37(2)19-16-26-10-6-4-7-11-26/h4-15,22,29H,16-21,23-24H2,1-3H3/t29-,34+/m0/s1. The molecule has 1 saturated carbocycles. The van der Waals surface area contributed by atoms with Crippen molar-refractivity contribution in [2.75, 3.05) is 40.3 Å². The van der Waals surface area contributed by atoms with Gasteiger partial charge in [0.15, 0.2) is 0 Å². The zero-order valence-electron chi connectivity index (χ0n) is 24.2. The summed E-state index contributed by atoms with van der Waals surface area (Å²) < 4.78 is 0. The number of likely N-dealkylation sites (N-methyl/N-ethyl adjacent to an activating group) is 1. The third-order valence-corrected chi connectivity index (χ3v) is 10.2. The van der Waals surface area contributed by atoms with Crippen LogP contribution in [-0.2, 0) is 27.0 Å². The van der Waals surface area contributed by atoms with Crippen molar-refractivity contribution in [2.24, 2.45) is 5.92 Å². The van der Waals surface area contributed by atoms with E-state index in [4.69, 9.17) is 23.2 Å². The first-order chi connectivity index (χ1) is 19.7. The quantitative estimate of drug-likeness (QED) is 0.288. The molecule has 7 heteroatoms. The minimum atomic E-state index is -0.607. The van der Waals surface area contributed by atoms with E-state index in [1.165, 1.54) is 11.1 Å². The lowest BCUT2D eigenvalue weighted by Gasteiger charge is -2.48. The molecule has 0 bridgehead atoms. The summed E-state index contributed by atoms with van der Waals surface area (Å²) in [5.74, 6) is 0.400. The second-order valence-corrected chi connectivity index (χ2v) is 12.6. The molecule has 0 spiro atoms. The number of halogens is 2. The molecule has 41 heavy (non-hydrogen) atoms. The summed E-state index contributed by atoms with van der Waals surface area (Å²) in [5, 5.41) is 0.974. The van der Waals surface area contributed by atoms with E-state index in [9.17, 15) is 9.59 Å². The Morgan fingerprint density at radius 1 is 0.878 bits per heavy atom. The summed E-state index contributed by atoms with van der Waals surface area (Å²) in [6.45, 7) is 4.84. The molecule has 3 aromatic carbocycles. The van der Waals surface area contributed by atoms with Gasteiger partial charge in [-0.1, -0.05) is 89.9 Å². The Labute approximate surface area is 254 Å². The molecule has 216 valence electrons. The maximum absolute atomic E-state index is 14.1. The van der Waals surface area contributed by atoms with E-state index in [-0.39, 0.29) is 23.3 Å². The van der Waals surface area contributed by atoms with Gasteiger partial charge in [0, 0.05) is 47.2 Å². The van der Waals surface area contributed by atoms with Gasteiger partial charge >= 0.3 is 0 Å². The molecule has 2 fully saturated rings. The molecule has 1 heterocycles. The number of hydrogen-bond acceptors (Lipinski definition) is 3. The van der Waals surface area contributed by atoms with Gasteiger partial charge in [0.1, 0.15) is 0 Å². The summed E-state index contributed by atoms with van der Waals surface area (Å²) in [6, 6.07) is 26.3. The summed E-state index contributed by atoms with van der Waals surface area (Å²) in [7, 11) is 3.83. The van der Waals surface area contributed by atoms with Crippen LogP contribution in [0.25, 0.3) is 0 Å². The number of nitrogens with zero attached hydrogens (tertiary/aromatic N) is 3. The molecule has 1 saturated heterocycles. The first-order valence-electron chi connectivity index (χ1n) is 14.4. The first kappa shape index (κ1) is 29.6. The molecule has 5 nitrogen and oxygen atoms in total. The van der Waals surface area contributed by atoms with Crippen LogP contribution in [0.2, 0.25) is 10.0 Å². The van der Waals surface area contributed by atoms with Gasteiger partial charge in [-0.2, -0.15) is 0 Å². The lowest BCUT2D eigenvalue weighted by atomic mass is 9.79. The zero-order valence-corrected chi connectivity index (χ0v) is 25.7. The molecule has 0 unspecified atom stereocenters. The zero-order chi connectivity index (χ0) is 29.2. The summed E-state index contributed by atoms with van der Waals surface area (Å²) in [5.41, 5.74) is 2.42. The fraction of sp³-hybridized carbons (Fsp3) is 0.412. The minimum absolute atomic E-state index is 0.0762. The topological polar surface area (TPSA) is 43.9 Å². The lowest BCUT2D eigenvalue weighted by molar-refractivity contribution is -0.136. The monoisotopic (exact) mass is 591 g/mol.